The molecule has 1 saturated heterocycles. The molecule has 5 heteroatoms. The molecule has 4 nitrogen and oxygen atoms in total. The molecule has 0 radical (unpaired) electrons. The van der Waals surface area contributed by atoms with Crippen molar-refractivity contribution < 1.29 is 4.42 Å². The van der Waals surface area contributed by atoms with Gasteiger partial charge >= 0.3 is 6.01 Å². The lowest BCUT2D eigenvalue weighted by atomic mass is 9.92. The van der Waals surface area contributed by atoms with Crippen molar-refractivity contribution in [1.82, 2.24) is 10.2 Å². The Bertz CT molecular complexity index is 328. The molecule has 2 rings (SSSR count). The first kappa shape index (κ1) is 10.7. The van der Waals surface area contributed by atoms with E-state index in [2.05, 4.69) is 28.9 Å². The summed E-state index contributed by atoms with van der Waals surface area (Å²) in [4.78, 5) is 2.18. The molecule has 0 bridgehead atoms. The van der Waals surface area contributed by atoms with Crippen LogP contribution in [0, 0.1) is 5.92 Å². The van der Waals surface area contributed by atoms with Crippen molar-refractivity contribution in [3.05, 3.63) is 5.89 Å². The van der Waals surface area contributed by atoms with Gasteiger partial charge in [-0.05, 0) is 25.7 Å². The third-order valence-corrected chi connectivity index (χ3v) is 3.42. The van der Waals surface area contributed by atoms with Gasteiger partial charge in [-0.25, -0.2) is 0 Å². The molecular formula is C10H16ClN3O. The fraction of sp³-hybridized carbons (Fsp3) is 0.800. The second kappa shape index (κ2) is 4.39. The molecule has 1 fully saturated rings. The van der Waals surface area contributed by atoms with Crippen LogP contribution in [0.15, 0.2) is 4.42 Å². The Morgan fingerprint density at radius 3 is 2.93 bits per heavy atom. The summed E-state index contributed by atoms with van der Waals surface area (Å²) in [6, 6.07) is 1.08. The third kappa shape index (κ3) is 2.09. The number of anilines is 1. The van der Waals surface area contributed by atoms with Gasteiger partial charge in [-0.15, -0.1) is 16.7 Å². The average Bonchev–Trinajstić information content (AvgIpc) is 2.70. The number of hydrogen-bond donors (Lipinski definition) is 0. The molecule has 0 saturated carbocycles. The molecule has 2 heterocycles. The number of halogens is 1. The van der Waals surface area contributed by atoms with Gasteiger partial charge in [0.1, 0.15) is 5.88 Å². The Morgan fingerprint density at radius 2 is 2.27 bits per heavy atom. The molecule has 84 valence electrons. The summed E-state index contributed by atoms with van der Waals surface area (Å²) in [5.74, 6) is 1.45. The summed E-state index contributed by atoms with van der Waals surface area (Å²) < 4.78 is 5.46. The molecule has 2 atom stereocenters. The number of piperidine rings is 1. The minimum absolute atomic E-state index is 0.283. The van der Waals surface area contributed by atoms with Crippen molar-refractivity contribution in [2.24, 2.45) is 5.92 Å². The highest BCUT2D eigenvalue weighted by Crippen LogP contribution is 2.27. The quantitative estimate of drug-likeness (QED) is 0.731. The smallest absolute Gasteiger partial charge is 0.318 e. The van der Waals surface area contributed by atoms with Gasteiger partial charge in [0.25, 0.3) is 0 Å². The predicted octanol–water partition coefficient (Wildman–Crippen LogP) is 2.43. The van der Waals surface area contributed by atoms with Crippen molar-refractivity contribution in [2.75, 3.05) is 11.4 Å². The summed E-state index contributed by atoms with van der Waals surface area (Å²) >= 11 is 5.63. The SMILES string of the molecule is CC1CCCN(c2nnc(CCl)o2)C1C. The van der Waals surface area contributed by atoms with Crippen LogP contribution in [0.4, 0.5) is 6.01 Å². The first-order chi connectivity index (χ1) is 7.22. The van der Waals surface area contributed by atoms with E-state index in [9.17, 15) is 0 Å². The van der Waals surface area contributed by atoms with Crippen LogP contribution in [0.2, 0.25) is 0 Å². The van der Waals surface area contributed by atoms with Crippen LogP contribution < -0.4 is 4.90 Å². The normalized spacial score (nSPS) is 27.0. The summed E-state index contributed by atoms with van der Waals surface area (Å²) in [5, 5.41) is 7.90. The molecule has 0 spiro atoms. The molecule has 0 amide bonds. The van der Waals surface area contributed by atoms with Crippen LogP contribution in [-0.2, 0) is 5.88 Å². The summed E-state index contributed by atoms with van der Waals surface area (Å²) in [5.41, 5.74) is 0. The van der Waals surface area contributed by atoms with E-state index in [1.54, 1.807) is 0 Å². The zero-order chi connectivity index (χ0) is 10.8. The largest absolute Gasteiger partial charge is 0.407 e. The van der Waals surface area contributed by atoms with Gasteiger partial charge in [0.05, 0.1) is 0 Å². The lowest BCUT2D eigenvalue weighted by molar-refractivity contribution is 0.340. The van der Waals surface area contributed by atoms with E-state index in [0.29, 0.717) is 23.9 Å². The Kier molecular flexibility index (Phi) is 3.14. The minimum atomic E-state index is 0.283. The topological polar surface area (TPSA) is 42.2 Å². The van der Waals surface area contributed by atoms with Crippen LogP contribution in [0.25, 0.3) is 0 Å². The van der Waals surface area contributed by atoms with Crippen LogP contribution >= 0.6 is 11.6 Å². The third-order valence-electron chi connectivity index (χ3n) is 3.19. The van der Waals surface area contributed by atoms with Gasteiger partial charge in [-0.3, -0.25) is 0 Å². The predicted molar refractivity (Wildman–Crippen MR) is 59.1 cm³/mol. The molecular weight excluding hydrogens is 214 g/mol. The molecule has 0 aliphatic carbocycles. The first-order valence-corrected chi connectivity index (χ1v) is 5.91. The minimum Gasteiger partial charge on any atom is -0.407 e. The van der Waals surface area contributed by atoms with Gasteiger partial charge in [-0.1, -0.05) is 12.0 Å². The standard InChI is InChI=1S/C10H16ClN3O/c1-7-4-3-5-14(8(7)2)10-13-12-9(6-11)15-10/h7-8H,3-6H2,1-2H3. The molecule has 2 unspecified atom stereocenters. The van der Waals surface area contributed by atoms with Crippen molar-refractivity contribution >= 4 is 17.6 Å². The zero-order valence-corrected chi connectivity index (χ0v) is 9.87. The Balaban J connectivity index is 2.14. The zero-order valence-electron chi connectivity index (χ0n) is 9.11. The second-order valence-electron chi connectivity index (χ2n) is 4.17. The fourth-order valence-electron chi connectivity index (χ4n) is 2.02. The Hall–Kier alpha value is -0.770. The van der Waals surface area contributed by atoms with E-state index in [1.165, 1.54) is 12.8 Å². The van der Waals surface area contributed by atoms with E-state index in [0.717, 1.165) is 6.54 Å². The number of hydrogen-bond acceptors (Lipinski definition) is 4. The van der Waals surface area contributed by atoms with Gasteiger partial charge in [0, 0.05) is 12.6 Å². The monoisotopic (exact) mass is 229 g/mol. The van der Waals surface area contributed by atoms with Crippen molar-refractivity contribution in [3.63, 3.8) is 0 Å². The van der Waals surface area contributed by atoms with Gasteiger partial charge in [0.15, 0.2) is 0 Å². The molecule has 1 aliphatic heterocycles. The highest BCUT2D eigenvalue weighted by Gasteiger charge is 2.28. The highest BCUT2D eigenvalue weighted by atomic mass is 35.5. The van der Waals surface area contributed by atoms with Gasteiger partial charge in [0.2, 0.25) is 5.89 Å². The molecule has 1 aromatic rings. The number of rotatable bonds is 2. The lowest BCUT2D eigenvalue weighted by Crippen LogP contribution is -2.42. The maximum atomic E-state index is 5.63. The van der Waals surface area contributed by atoms with E-state index in [4.69, 9.17) is 16.0 Å². The number of aromatic nitrogens is 2. The van der Waals surface area contributed by atoms with Gasteiger partial charge < -0.3 is 9.32 Å². The van der Waals surface area contributed by atoms with Crippen molar-refractivity contribution in [2.45, 2.75) is 38.6 Å². The maximum Gasteiger partial charge on any atom is 0.318 e. The van der Waals surface area contributed by atoms with Crippen LogP contribution in [-0.4, -0.2) is 22.8 Å². The number of nitrogens with zero attached hydrogens (tertiary/aromatic N) is 3. The van der Waals surface area contributed by atoms with E-state index in [1.807, 2.05) is 0 Å². The first-order valence-electron chi connectivity index (χ1n) is 5.37. The molecule has 0 aromatic carbocycles. The summed E-state index contributed by atoms with van der Waals surface area (Å²) in [7, 11) is 0. The summed E-state index contributed by atoms with van der Waals surface area (Å²) in [6.45, 7) is 5.46. The average molecular weight is 230 g/mol. The van der Waals surface area contributed by atoms with Gasteiger partial charge in [-0.2, -0.15) is 0 Å². The second-order valence-corrected chi connectivity index (χ2v) is 4.43. The van der Waals surface area contributed by atoms with Crippen LogP contribution in [0.3, 0.4) is 0 Å². The number of alkyl halides is 1. The molecule has 1 aliphatic rings. The van der Waals surface area contributed by atoms with Crippen LogP contribution in [0.5, 0.6) is 0 Å². The Morgan fingerprint density at radius 1 is 1.47 bits per heavy atom. The van der Waals surface area contributed by atoms with E-state index >= 15 is 0 Å². The maximum absolute atomic E-state index is 5.63. The van der Waals surface area contributed by atoms with E-state index in [-0.39, 0.29) is 5.88 Å². The fourth-order valence-corrected chi connectivity index (χ4v) is 2.13. The summed E-state index contributed by atoms with van der Waals surface area (Å²) in [6.07, 6.45) is 2.46. The van der Waals surface area contributed by atoms with Crippen molar-refractivity contribution in [3.8, 4) is 0 Å². The molecule has 0 N–H and O–H groups in total. The van der Waals surface area contributed by atoms with E-state index < -0.39 is 0 Å². The molecule has 15 heavy (non-hydrogen) atoms. The molecule has 1 aromatic heterocycles. The lowest BCUT2D eigenvalue weighted by Gasteiger charge is -2.36. The van der Waals surface area contributed by atoms with Crippen LogP contribution in [0.1, 0.15) is 32.6 Å². The highest BCUT2D eigenvalue weighted by molar-refractivity contribution is 6.16. The van der Waals surface area contributed by atoms with Crippen molar-refractivity contribution in [1.29, 1.82) is 0 Å². The Labute approximate surface area is 94.6 Å².